The maximum Gasteiger partial charge on any atom is 0.325 e. The Labute approximate surface area is 227 Å². The standard InChI is InChI=1S/C26H29ClN6O4S/c1-30-11-13-32(14-12-30)38(35,36)16-15-31-19-24(33(26(31)34)22-7-5-21(27)6-8-22)20-3-2-4-23(17-20)37-25-18-28-9-10-29-25/h2-10,17-18,24H,11-16,19H2,1H3/t24-/m1/s1. The highest BCUT2D eigenvalue weighted by Gasteiger charge is 2.40. The first-order valence-electron chi connectivity index (χ1n) is 12.3. The topological polar surface area (TPSA) is 99.2 Å². The number of rotatable bonds is 8. The molecule has 2 saturated heterocycles. The molecule has 0 saturated carbocycles. The van der Waals surface area contributed by atoms with Gasteiger partial charge in [0.15, 0.2) is 0 Å². The first-order chi connectivity index (χ1) is 18.3. The highest BCUT2D eigenvalue weighted by atomic mass is 35.5. The zero-order chi connectivity index (χ0) is 26.7. The monoisotopic (exact) mass is 556 g/mol. The molecule has 2 amide bonds. The van der Waals surface area contributed by atoms with Crippen molar-refractivity contribution in [3.05, 3.63) is 77.7 Å². The van der Waals surface area contributed by atoms with Crippen LogP contribution in [-0.2, 0) is 10.0 Å². The fraction of sp³-hybridized carbons (Fsp3) is 0.346. The number of anilines is 1. The summed E-state index contributed by atoms with van der Waals surface area (Å²) in [5, 5.41) is 0.562. The van der Waals surface area contributed by atoms with Crippen LogP contribution < -0.4 is 9.64 Å². The van der Waals surface area contributed by atoms with E-state index in [1.54, 1.807) is 46.5 Å². The van der Waals surface area contributed by atoms with Crippen LogP contribution in [0, 0.1) is 0 Å². The zero-order valence-corrected chi connectivity index (χ0v) is 22.6. The molecule has 0 radical (unpaired) electrons. The third-order valence-corrected chi connectivity index (χ3v) is 8.87. The fourth-order valence-electron chi connectivity index (χ4n) is 4.65. The minimum absolute atomic E-state index is 0.101. The number of hydrogen-bond donors (Lipinski definition) is 0. The Morgan fingerprint density at radius 1 is 1.05 bits per heavy atom. The Kier molecular flexibility index (Phi) is 7.80. The minimum atomic E-state index is -3.48. The predicted octanol–water partition coefficient (Wildman–Crippen LogP) is 3.48. The Morgan fingerprint density at radius 2 is 1.82 bits per heavy atom. The maximum atomic E-state index is 13.6. The second-order valence-corrected chi connectivity index (χ2v) is 11.9. The molecule has 3 heterocycles. The van der Waals surface area contributed by atoms with E-state index in [4.69, 9.17) is 16.3 Å². The van der Waals surface area contributed by atoms with Crippen LogP contribution in [0.2, 0.25) is 5.02 Å². The van der Waals surface area contributed by atoms with Gasteiger partial charge in [0.05, 0.1) is 18.0 Å². The van der Waals surface area contributed by atoms with Crippen LogP contribution in [0.4, 0.5) is 10.5 Å². The van der Waals surface area contributed by atoms with Crippen molar-refractivity contribution in [1.82, 2.24) is 24.1 Å². The van der Waals surface area contributed by atoms with Gasteiger partial charge in [-0.05, 0) is 49.0 Å². The van der Waals surface area contributed by atoms with E-state index in [2.05, 4.69) is 14.9 Å². The molecule has 0 N–H and O–H groups in total. The molecule has 0 unspecified atom stereocenters. The third-order valence-electron chi connectivity index (χ3n) is 6.77. The molecule has 1 atom stereocenters. The smallest absolute Gasteiger partial charge is 0.325 e. The molecule has 2 aromatic carbocycles. The molecule has 2 aliphatic rings. The zero-order valence-electron chi connectivity index (χ0n) is 21.0. The summed E-state index contributed by atoms with van der Waals surface area (Å²) in [6.45, 7) is 2.75. The van der Waals surface area contributed by atoms with Crippen molar-refractivity contribution >= 4 is 33.3 Å². The van der Waals surface area contributed by atoms with Crippen molar-refractivity contribution in [1.29, 1.82) is 0 Å². The average Bonchev–Trinajstić information content (AvgIpc) is 3.25. The molecule has 0 aliphatic carbocycles. The first kappa shape index (κ1) is 26.4. The number of carbonyl (C=O) groups is 1. The molecular weight excluding hydrogens is 528 g/mol. The summed E-state index contributed by atoms with van der Waals surface area (Å²) < 4.78 is 33.4. The van der Waals surface area contributed by atoms with Crippen molar-refractivity contribution in [2.75, 3.05) is 57.0 Å². The van der Waals surface area contributed by atoms with E-state index in [1.165, 1.54) is 10.5 Å². The van der Waals surface area contributed by atoms with E-state index >= 15 is 0 Å². The van der Waals surface area contributed by atoms with Gasteiger partial charge in [0.25, 0.3) is 0 Å². The summed E-state index contributed by atoms with van der Waals surface area (Å²) in [5.41, 5.74) is 1.52. The van der Waals surface area contributed by atoms with Crippen molar-refractivity contribution in [3.63, 3.8) is 0 Å². The lowest BCUT2D eigenvalue weighted by molar-refractivity contribution is 0.218. The number of nitrogens with zero attached hydrogens (tertiary/aromatic N) is 6. The van der Waals surface area contributed by atoms with Crippen LogP contribution >= 0.6 is 11.6 Å². The molecule has 200 valence electrons. The van der Waals surface area contributed by atoms with Crippen molar-refractivity contribution in [3.8, 4) is 11.6 Å². The number of benzene rings is 2. The van der Waals surface area contributed by atoms with E-state index in [9.17, 15) is 13.2 Å². The number of hydrogen-bond acceptors (Lipinski definition) is 7. The highest BCUT2D eigenvalue weighted by molar-refractivity contribution is 7.89. The molecular formula is C26H29ClN6O4S. The number of ether oxygens (including phenoxy) is 1. The van der Waals surface area contributed by atoms with Gasteiger partial charge < -0.3 is 14.5 Å². The highest BCUT2D eigenvalue weighted by Crippen LogP contribution is 2.36. The number of amides is 2. The summed E-state index contributed by atoms with van der Waals surface area (Å²) in [6.07, 6.45) is 4.63. The number of piperazine rings is 1. The van der Waals surface area contributed by atoms with E-state index < -0.39 is 10.0 Å². The summed E-state index contributed by atoms with van der Waals surface area (Å²) >= 11 is 6.10. The normalized spacial score (nSPS) is 19.2. The molecule has 5 rings (SSSR count). The van der Waals surface area contributed by atoms with Crippen LogP contribution in [0.5, 0.6) is 11.6 Å². The molecule has 12 heteroatoms. The van der Waals surface area contributed by atoms with Crippen LogP contribution in [0.1, 0.15) is 11.6 Å². The van der Waals surface area contributed by atoms with Gasteiger partial charge in [0, 0.05) is 62.4 Å². The number of aromatic nitrogens is 2. The molecule has 0 bridgehead atoms. The van der Waals surface area contributed by atoms with Gasteiger partial charge in [-0.2, -0.15) is 4.31 Å². The summed E-state index contributed by atoms with van der Waals surface area (Å²) in [7, 11) is -1.51. The van der Waals surface area contributed by atoms with Crippen LogP contribution in [0.15, 0.2) is 67.1 Å². The lowest BCUT2D eigenvalue weighted by atomic mass is 10.1. The number of likely N-dealkylation sites (N-methyl/N-ethyl adjacent to an activating group) is 1. The third kappa shape index (κ3) is 5.91. The minimum Gasteiger partial charge on any atom is -0.437 e. The number of urea groups is 1. The molecule has 38 heavy (non-hydrogen) atoms. The Hall–Kier alpha value is -3.25. The predicted molar refractivity (Wildman–Crippen MR) is 145 cm³/mol. The average molecular weight is 557 g/mol. The molecule has 0 spiro atoms. The van der Waals surface area contributed by atoms with Crippen LogP contribution in [0.3, 0.4) is 0 Å². The van der Waals surface area contributed by atoms with Crippen molar-refractivity contribution in [2.45, 2.75) is 6.04 Å². The molecule has 3 aromatic rings. The Morgan fingerprint density at radius 3 is 2.53 bits per heavy atom. The van der Waals surface area contributed by atoms with Crippen LogP contribution in [-0.4, -0.2) is 90.6 Å². The van der Waals surface area contributed by atoms with Gasteiger partial charge in [0.2, 0.25) is 15.9 Å². The maximum absolute atomic E-state index is 13.6. The Bertz CT molecular complexity index is 1370. The van der Waals surface area contributed by atoms with Crippen molar-refractivity contribution < 1.29 is 17.9 Å². The molecule has 2 fully saturated rings. The summed E-state index contributed by atoms with van der Waals surface area (Å²) in [5.74, 6) is 0.791. The number of halogens is 1. The lowest BCUT2D eigenvalue weighted by Crippen LogP contribution is -2.49. The largest absolute Gasteiger partial charge is 0.437 e. The van der Waals surface area contributed by atoms with E-state index in [1.807, 2.05) is 31.3 Å². The SMILES string of the molecule is CN1CCN(S(=O)(=O)CCN2C[C@H](c3cccc(Oc4cnccn4)c3)N(c3ccc(Cl)cc3)C2=O)CC1. The second kappa shape index (κ2) is 11.2. The Balaban J connectivity index is 1.38. The molecule has 10 nitrogen and oxygen atoms in total. The van der Waals surface area contributed by atoms with Crippen molar-refractivity contribution in [2.24, 2.45) is 0 Å². The fourth-order valence-corrected chi connectivity index (χ4v) is 6.21. The van der Waals surface area contributed by atoms with Gasteiger partial charge in [-0.15, -0.1) is 0 Å². The quantitative estimate of drug-likeness (QED) is 0.419. The molecule has 1 aromatic heterocycles. The van der Waals surface area contributed by atoms with E-state index in [0.29, 0.717) is 55.1 Å². The summed E-state index contributed by atoms with van der Waals surface area (Å²) in [4.78, 5) is 27.2. The first-order valence-corrected chi connectivity index (χ1v) is 14.3. The van der Waals surface area contributed by atoms with Gasteiger partial charge in [0.1, 0.15) is 5.75 Å². The van der Waals surface area contributed by atoms with Crippen LogP contribution in [0.25, 0.3) is 0 Å². The van der Waals surface area contributed by atoms with E-state index in [-0.39, 0.29) is 24.4 Å². The van der Waals surface area contributed by atoms with Gasteiger partial charge in [-0.1, -0.05) is 23.7 Å². The van der Waals surface area contributed by atoms with Gasteiger partial charge >= 0.3 is 6.03 Å². The summed E-state index contributed by atoms with van der Waals surface area (Å²) in [6, 6.07) is 13.9. The number of carbonyl (C=O) groups excluding carboxylic acids is 1. The second-order valence-electron chi connectivity index (χ2n) is 9.33. The lowest BCUT2D eigenvalue weighted by Gasteiger charge is -2.32. The van der Waals surface area contributed by atoms with Gasteiger partial charge in [-0.3, -0.25) is 9.88 Å². The van der Waals surface area contributed by atoms with Gasteiger partial charge in [-0.25, -0.2) is 18.2 Å². The van der Waals surface area contributed by atoms with E-state index in [0.717, 1.165) is 5.56 Å². The molecule has 2 aliphatic heterocycles. The number of sulfonamides is 1.